The highest BCUT2D eigenvalue weighted by molar-refractivity contribution is 5.81. The Bertz CT molecular complexity index is 803. The van der Waals surface area contributed by atoms with Crippen LogP contribution in [0.4, 0.5) is 0 Å². The van der Waals surface area contributed by atoms with Crippen LogP contribution in [0.5, 0.6) is 0 Å². The molecule has 1 atom stereocenters. The quantitative estimate of drug-likeness (QED) is 0.802. The maximum Gasteiger partial charge on any atom is 0.312 e. The highest BCUT2D eigenvalue weighted by Gasteiger charge is 2.23. The second kappa shape index (κ2) is 5.73. The minimum absolute atomic E-state index is 0.199. The highest BCUT2D eigenvalue weighted by atomic mass is 16.4. The molecule has 1 aromatic carbocycles. The van der Waals surface area contributed by atoms with Gasteiger partial charge in [0.05, 0.1) is 16.3 Å². The number of nitrogens with zero attached hydrogens (tertiary/aromatic N) is 1. The van der Waals surface area contributed by atoms with E-state index in [-0.39, 0.29) is 11.4 Å². The molecule has 116 valence electrons. The van der Waals surface area contributed by atoms with Crippen molar-refractivity contribution >= 4 is 22.9 Å². The number of aromatic nitrogens is 2. The lowest BCUT2D eigenvalue weighted by Crippen LogP contribution is -2.20. The molecule has 0 unspecified atom stereocenters. The van der Waals surface area contributed by atoms with Gasteiger partial charge in [-0.05, 0) is 38.5 Å². The molecule has 2 aromatic rings. The Morgan fingerprint density at radius 1 is 1.41 bits per heavy atom. The number of carboxylic acid groups (broad SMARTS) is 1. The molecule has 0 bridgehead atoms. The summed E-state index contributed by atoms with van der Waals surface area (Å²) in [5.74, 6) is -0.722. The van der Waals surface area contributed by atoms with Gasteiger partial charge in [-0.15, -0.1) is 0 Å². The molecule has 6 nitrogen and oxygen atoms in total. The van der Waals surface area contributed by atoms with Gasteiger partial charge in [0.15, 0.2) is 0 Å². The van der Waals surface area contributed by atoms with Crippen molar-refractivity contribution in [3.63, 3.8) is 0 Å². The van der Waals surface area contributed by atoms with Gasteiger partial charge in [-0.1, -0.05) is 18.2 Å². The van der Waals surface area contributed by atoms with Gasteiger partial charge in [0, 0.05) is 0 Å². The number of nitrogens with one attached hydrogen (secondary N) is 1. The van der Waals surface area contributed by atoms with Crippen molar-refractivity contribution in [3.8, 4) is 0 Å². The SMILES string of the molecule is C[C@@H](O)c1nc2cc(/C=C/C(C)(C)C(=O)O)ccc2c(=O)[nH]1. The molecule has 2 rings (SSSR count). The Morgan fingerprint density at radius 2 is 2.09 bits per heavy atom. The molecule has 0 amide bonds. The third-order valence-electron chi connectivity index (χ3n) is 3.39. The monoisotopic (exact) mass is 302 g/mol. The fourth-order valence-corrected chi connectivity index (χ4v) is 1.85. The number of H-pyrrole nitrogens is 1. The summed E-state index contributed by atoms with van der Waals surface area (Å²) in [7, 11) is 0. The number of fused-ring (bicyclic) bond motifs is 1. The van der Waals surface area contributed by atoms with Crippen LogP contribution in [0.2, 0.25) is 0 Å². The van der Waals surface area contributed by atoms with Gasteiger partial charge in [-0.2, -0.15) is 0 Å². The number of aromatic amines is 1. The number of aliphatic carboxylic acids is 1. The molecule has 0 fully saturated rings. The van der Waals surface area contributed by atoms with Crippen LogP contribution in [0.3, 0.4) is 0 Å². The van der Waals surface area contributed by atoms with Crippen LogP contribution in [0.15, 0.2) is 29.1 Å². The fourth-order valence-electron chi connectivity index (χ4n) is 1.85. The third kappa shape index (κ3) is 3.23. The van der Waals surface area contributed by atoms with Gasteiger partial charge >= 0.3 is 5.97 Å². The average molecular weight is 302 g/mol. The topological polar surface area (TPSA) is 103 Å². The molecule has 1 aromatic heterocycles. The predicted molar refractivity (Wildman–Crippen MR) is 83.4 cm³/mol. The van der Waals surface area contributed by atoms with Crippen LogP contribution in [0.1, 0.15) is 38.3 Å². The van der Waals surface area contributed by atoms with Crippen molar-refractivity contribution in [3.05, 3.63) is 46.0 Å². The van der Waals surface area contributed by atoms with E-state index in [1.54, 1.807) is 44.2 Å². The molecule has 0 aliphatic carbocycles. The Hall–Kier alpha value is -2.47. The molecule has 1 heterocycles. The molecule has 0 saturated carbocycles. The molecule has 6 heteroatoms. The number of carbonyl (C=O) groups is 1. The lowest BCUT2D eigenvalue weighted by atomic mass is 9.92. The van der Waals surface area contributed by atoms with Crippen LogP contribution >= 0.6 is 0 Å². The van der Waals surface area contributed by atoms with Crippen LogP contribution in [-0.4, -0.2) is 26.2 Å². The molecule has 3 N–H and O–H groups in total. The van der Waals surface area contributed by atoms with Gasteiger partial charge in [0.25, 0.3) is 5.56 Å². The second-order valence-electron chi connectivity index (χ2n) is 5.76. The summed E-state index contributed by atoms with van der Waals surface area (Å²) in [6.07, 6.45) is 2.39. The Kier molecular flexibility index (Phi) is 4.14. The fraction of sp³-hybridized carbons (Fsp3) is 0.312. The van der Waals surface area contributed by atoms with E-state index in [0.29, 0.717) is 10.9 Å². The molecule has 0 aliphatic rings. The van der Waals surface area contributed by atoms with Crippen molar-refractivity contribution in [1.82, 2.24) is 9.97 Å². The van der Waals surface area contributed by atoms with Crippen LogP contribution in [0, 0.1) is 5.41 Å². The van der Waals surface area contributed by atoms with Crippen LogP contribution in [0.25, 0.3) is 17.0 Å². The van der Waals surface area contributed by atoms with Crippen molar-refractivity contribution in [1.29, 1.82) is 0 Å². The number of aliphatic hydroxyl groups excluding tert-OH is 1. The first-order chi connectivity index (χ1) is 10.2. The van der Waals surface area contributed by atoms with E-state index >= 15 is 0 Å². The third-order valence-corrected chi connectivity index (χ3v) is 3.39. The minimum Gasteiger partial charge on any atom is -0.481 e. The zero-order valence-electron chi connectivity index (χ0n) is 12.6. The maximum absolute atomic E-state index is 11.9. The molecule has 0 aliphatic heterocycles. The zero-order valence-corrected chi connectivity index (χ0v) is 12.6. The molecule has 0 spiro atoms. The number of rotatable bonds is 4. The molecular formula is C16H18N2O4. The molecular weight excluding hydrogens is 284 g/mol. The summed E-state index contributed by atoms with van der Waals surface area (Å²) in [6.45, 7) is 4.71. The predicted octanol–water partition coefficient (Wildman–Crippen LogP) is 2.10. The van der Waals surface area contributed by atoms with Gasteiger partial charge in [-0.25, -0.2) is 4.98 Å². The number of benzene rings is 1. The first kappa shape index (κ1) is 15.9. The van der Waals surface area contributed by atoms with E-state index in [4.69, 9.17) is 5.11 Å². The van der Waals surface area contributed by atoms with E-state index in [1.165, 1.54) is 6.92 Å². The van der Waals surface area contributed by atoms with Crippen LogP contribution in [-0.2, 0) is 4.79 Å². The largest absolute Gasteiger partial charge is 0.481 e. The normalized spacial score (nSPS) is 13.6. The van der Waals surface area contributed by atoms with E-state index < -0.39 is 17.5 Å². The summed E-state index contributed by atoms with van der Waals surface area (Å²) in [4.78, 5) is 29.7. The first-order valence-electron chi connectivity index (χ1n) is 6.85. The average Bonchev–Trinajstić information content (AvgIpc) is 2.44. The highest BCUT2D eigenvalue weighted by Crippen LogP contribution is 2.20. The van der Waals surface area contributed by atoms with Gasteiger partial charge in [0.1, 0.15) is 11.9 Å². The number of hydrogen-bond donors (Lipinski definition) is 3. The summed E-state index contributed by atoms with van der Waals surface area (Å²) in [6, 6.07) is 5.03. The molecule has 22 heavy (non-hydrogen) atoms. The zero-order chi connectivity index (χ0) is 16.5. The summed E-state index contributed by atoms with van der Waals surface area (Å²) < 4.78 is 0. The lowest BCUT2D eigenvalue weighted by molar-refractivity contribution is -0.144. The summed E-state index contributed by atoms with van der Waals surface area (Å²) >= 11 is 0. The van der Waals surface area contributed by atoms with Crippen molar-refractivity contribution in [2.24, 2.45) is 5.41 Å². The maximum atomic E-state index is 11.9. The first-order valence-corrected chi connectivity index (χ1v) is 6.85. The Balaban J connectivity index is 2.48. The van der Waals surface area contributed by atoms with E-state index in [1.807, 2.05) is 0 Å². The molecule has 0 radical (unpaired) electrons. The second-order valence-corrected chi connectivity index (χ2v) is 5.76. The lowest BCUT2D eigenvalue weighted by Gasteiger charge is -2.13. The van der Waals surface area contributed by atoms with Crippen molar-refractivity contribution in [2.75, 3.05) is 0 Å². The number of carboxylic acids is 1. The van der Waals surface area contributed by atoms with E-state index in [0.717, 1.165) is 5.56 Å². The van der Waals surface area contributed by atoms with Gasteiger partial charge in [0.2, 0.25) is 0 Å². The Labute approximate surface area is 127 Å². The van der Waals surface area contributed by atoms with Gasteiger partial charge in [-0.3, -0.25) is 9.59 Å². The Morgan fingerprint density at radius 3 is 2.68 bits per heavy atom. The smallest absolute Gasteiger partial charge is 0.312 e. The minimum atomic E-state index is -0.985. The standard InChI is InChI=1S/C16H18N2O4/c1-9(19)13-17-12-8-10(4-5-11(12)14(20)18-13)6-7-16(2,3)15(21)22/h4-9,19H,1-3H3,(H,21,22)(H,17,18,20)/b7-6+/t9-/m1/s1. The van der Waals surface area contributed by atoms with E-state index in [2.05, 4.69) is 9.97 Å². The van der Waals surface area contributed by atoms with Gasteiger partial charge < -0.3 is 15.2 Å². The number of aliphatic hydroxyl groups is 1. The van der Waals surface area contributed by atoms with E-state index in [9.17, 15) is 14.7 Å². The van der Waals surface area contributed by atoms with Crippen LogP contribution < -0.4 is 5.56 Å². The van der Waals surface area contributed by atoms with Crippen molar-refractivity contribution < 1.29 is 15.0 Å². The summed E-state index contributed by atoms with van der Waals surface area (Å²) in [5, 5.41) is 19.0. The number of hydrogen-bond acceptors (Lipinski definition) is 4. The molecule has 0 saturated heterocycles. The van der Waals surface area contributed by atoms with Crippen molar-refractivity contribution in [2.45, 2.75) is 26.9 Å². The summed E-state index contributed by atoms with van der Waals surface area (Å²) in [5.41, 5.74) is -0.116.